The molecule has 0 atom stereocenters. The molecule has 0 aliphatic carbocycles. The van der Waals surface area contributed by atoms with Crippen LogP contribution in [0.15, 0.2) is 0 Å². The van der Waals surface area contributed by atoms with Gasteiger partial charge in [0, 0.05) is 18.4 Å². The Balaban J connectivity index is 1.92. The van der Waals surface area contributed by atoms with Crippen molar-refractivity contribution >= 4 is 0 Å². The van der Waals surface area contributed by atoms with E-state index in [-0.39, 0.29) is 0 Å². The molecule has 3 nitrogen and oxygen atoms in total. The van der Waals surface area contributed by atoms with Crippen LogP contribution in [0.25, 0.3) is 0 Å². The SMILES string of the molecule is CC1(CNCCCC#N)COC1. The molecule has 1 heterocycles. The van der Waals surface area contributed by atoms with Crippen LogP contribution < -0.4 is 5.32 Å². The van der Waals surface area contributed by atoms with Crippen LogP contribution in [0.1, 0.15) is 19.8 Å². The van der Waals surface area contributed by atoms with Gasteiger partial charge in [0.15, 0.2) is 0 Å². The number of hydrogen-bond donors (Lipinski definition) is 1. The van der Waals surface area contributed by atoms with Crippen molar-refractivity contribution in [1.82, 2.24) is 5.32 Å². The molecule has 0 aromatic heterocycles. The van der Waals surface area contributed by atoms with E-state index in [1.54, 1.807) is 0 Å². The van der Waals surface area contributed by atoms with Gasteiger partial charge in [-0.1, -0.05) is 6.92 Å². The van der Waals surface area contributed by atoms with Gasteiger partial charge >= 0.3 is 0 Å². The summed E-state index contributed by atoms with van der Waals surface area (Å²) in [5.74, 6) is 0. The Hall–Kier alpha value is -0.590. The highest BCUT2D eigenvalue weighted by Crippen LogP contribution is 2.24. The molecule has 0 aromatic rings. The van der Waals surface area contributed by atoms with Crippen molar-refractivity contribution in [1.29, 1.82) is 5.26 Å². The second-order valence-electron chi connectivity index (χ2n) is 3.74. The van der Waals surface area contributed by atoms with Gasteiger partial charge in [0.05, 0.1) is 19.3 Å². The summed E-state index contributed by atoms with van der Waals surface area (Å²) >= 11 is 0. The fourth-order valence-corrected chi connectivity index (χ4v) is 1.24. The summed E-state index contributed by atoms with van der Waals surface area (Å²) in [7, 11) is 0. The highest BCUT2D eigenvalue weighted by Gasteiger charge is 2.32. The topological polar surface area (TPSA) is 45.0 Å². The lowest BCUT2D eigenvalue weighted by Gasteiger charge is -2.38. The zero-order valence-electron chi connectivity index (χ0n) is 7.60. The van der Waals surface area contributed by atoms with Crippen molar-refractivity contribution in [3.63, 3.8) is 0 Å². The average molecular weight is 168 g/mol. The number of nitriles is 1. The molecule has 1 aliphatic heterocycles. The third-order valence-electron chi connectivity index (χ3n) is 2.09. The minimum absolute atomic E-state index is 0.354. The van der Waals surface area contributed by atoms with Gasteiger partial charge in [-0.2, -0.15) is 5.26 Å². The molecule has 0 bridgehead atoms. The summed E-state index contributed by atoms with van der Waals surface area (Å²) in [5, 5.41) is 11.6. The van der Waals surface area contributed by atoms with Gasteiger partial charge in [0.1, 0.15) is 0 Å². The Morgan fingerprint density at radius 1 is 1.58 bits per heavy atom. The quantitative estimate of drug-likeness (QED) is 0.621. The lowest BCUT2D eigenvalue weighted by Crippen LogP contribution is -2.47. The molecule has 1 rings (SSSR count). The third-order valence-corrected chi connectivity index (χ3v) is 2.09. The number of nitrogens with one attached hydrogen (secondary N) is 1. The second-order valence-corrected chi connectivity index (χ2v) is 3.74. The molecular formula is C9H16N2O. The molecule has 68 valence electrons. The molecule has 0 saturated carbocycles. The van der Waals surface area contributed by atoms with E-state index < -0.39 is 0 Å². The van der Waals surface area contributed by atoms with Crippen molar-refractivity contribution in [2.75, 3.05) is 26.3 Å². The van der Waals surface area contributed by atoms with Crippen molar-refractivity contribution in [2.45, 2.75) is 19.8 Å². The Labute approximate surface area is 73.7 Å². The highest BCUT2D eigenvalue weighted by molar-refractivity contribution is 4.82. The Morgan fingerprint density at radius 3 is 2.83 bits per heavy atom. The van der Waals surface area contributed by atoms with Crippen LogP contribution in [0.2, 0.25) is 0 Å². The molecule has 3 heteroatoms. The largest absolute Gasteiger partial charge is 0.380 e. The summed E-state index contributed by atoms with van der Waals surface area (Å²) < 4.78 is 5.12. The summed E-state index contributed by atoms with van der Waals surface area (Å²) in [6.07, 6.45) is 1.60. The Kier molecular flexibility index (Phi) is 3.51. The van der Waals surface area contributed by atoms with E-state index in [1.807, 2.05) is 0 Å². The van der Waals surface area contributed by atoms with E-state index in [4.69, 9.17) is 10.00 Å². The molecule has 0 aromatic carbocycles. The highest BCUT2D eigenvalue weighted by atomic mass is 16.5. The van der Waals surface area contributed by atoms with E-state index in [0.29, 0.717) is 11.8 Å². The molecular weight excluding hydrogens is 152 g/mol. The predicted molar refractivity (Wildman–Crippen MR) is 46.6 cm³/mol. The summed E-state index contributed by atoms with van der Waals surface area (Å²) in [6.45, 7) is 5.92. The van der Waals surface area contributed by atoms with Crippen LogP contribution in [-0.4, -0.2) is 26.3 Å². The number of ether oxygens (including phenoxy) is 1. The van der Waals surface area contributed by atoms with E-state index in [2.05, 4.69) is 18.3 Å². The van der Waals surface area contributed by atoms with Gasteiger partial charge in [0.2, 0.25) is 0 Å². The fraction of sp³-hybridized carbons (Fsp3) is 0.889. The van der Waals surface area contributed by atoms with Crippen LogP contribution >= 0.6 is 0 Å². The van der Waals surface area contributed by atoms with Crippen molar-refractivity contribution in [3.8, 4) is 6.07 Å². The average Bonchev–Trinajstić information content (AvgIpc) is 2.01. The maximum Gasteiger partial charge on any atom is 0.0622 e. The van der Waals surface area contributed by atoms with Crippen molar-refractivity contribution < 1.29 is 4.74 Å². The van der Waals surface area contributed by atoms with Crippen LogP contribution in [0.3, 0.4) is 0 Å². The first kappa shape index (κ1) is 9.50. The monoisotopic (exact) mass is 168 g/mol. The number of rotatable bonds is 5. The first-order valence-electron chi connectivity index (χ1n) is 4.42. The number of nitrogens with zero attached hydrogens (tertiary/aromatic N) is 1. The van der Waals surface area contributed by atoms with E-state index in [9.17, 15) is 0 Å². The maximum atomic E-state index is 8.29. The van der Waals surface area contributed by atoms with E-state index in [0.717, 1.165) is 32.7 Å². The lowest BCUT2D eigenvalue weighted by atomic mass is 9.89. The van der Waals surface area contributed by atoms with E-state index >= 15 is 0 Å². The molecule has 0 radical (unpaired) electrons. The summed E-state index contributed by atoms with van der Waals surface area (Å²) in [4.78, 5) is 0. The maximum absolute atomic E-state index is 8.29. The standard InChI is InChI=1S/C9H16N2O/c1-9(7-12-8-9)6-11-5-3-2-4-10/h11H,2-3,5-8H2,1H3. The molecule has 0 amide bonds. The second kappa shape index (κ2) is 4.44. The van der Waals surface area contributed by atoms with Gasteiger partial charge in [-0.05, 0) is 13.0 Å². The van der Waals surface area contributed by atoms with Crippen molar-refractivity contribution in [2.24, 2.45) is 5.41 Å². The van der Waals surface area contributed by atoms with Gasteiger partial charge in [-0.15, -0.1) is 0 Å². The molecule has 1 saturated heterocycles. The molecule has 12 heavy (non-hydrogen) atoms. The first-order chi connectivity index (χ1) is 5.77. The molecule has 0 unspecified atom stereocenters. The van der Waals surface area contributed by atoms with Gasteiger partial charge in [0.25, 0.3) is 0 Å². The molecule has 1 fully saturated rings. The zero-order chi connectivity index (χ0) is 8.86. The van der Waals surface area contributed by atoms with Crippen LogP contribution in [0.4, 0.5) is 0 Å². The summed E-state index contributed by atoms with van der Waals surface area (Å²) in [5.41, 5.74) is 0.354. The molecule has 1 N–H and O–H groups in total. The third kappa shape index (κ3) is 2.80. The van der Waals surface area contributed by atoms with Crippen molar-refractivity contribution in [3.05, 3.63) is 0 Å². The Bertz CT molecular complexity index is 170. The first-order valence-corrected chi connectivity index (χ1v) is 4.42. The zero-order valence-corrected chi connectivity index (χ0v) is 7.60. The number of hydrogen-bond acceptors (Lipinski definition) is 3. The normalized spacial score (nSPS) is 19.7. The minimum atomic E-state index is 0.354. The van der Waals surface area contributed by atoms with E-state index in [1.165, 1.54) is 0 Å². The lowest BCUT2D eigenvalue weighted by molar-refractivity contribution is -0.0989. The molecule has 1 aliphatic rings. The predicted octanol–water partition coefficient (Wildman–Crippen LogP) is 0.916. The molecule has 0 spiro atoms. The smallest absolute Gasteiger partial charge is 0.0622 e. The van der Waals surface area contributed by atoms with Gasteiger partial charge in [-0.3, -0.25) is 0 Å². The summed E-state index contributed by atoms with van der Waals surface area (Å²) in [6, 6.07) is 2.13. The fourth-order valence-electron chi connectivity index (χ4n) is 1.24. The van der Waals surface area contributed by atoms with Crippen LogP contribution in [0, 0.1) is 16.7 Å². The van der Waals surface area contributed by atoms with Crippen LogP contribution in [-0.2, 0) is 4.74 Å². The Morgan fingerprint density at radius 2 is 2.33 bits per heavy atom. The van der Waals surface area contributed by atoms with Gasteiger partial charge < -0.3 is 10.1 Å². The minimum Gasteiger partial charge on any atom is -0.380 e. The van der Waals surface area contributed by atoms with Gasteiger partial charge in [-0.25, -0.2) is 0 Å². The number of unbranched alkanes of at least 4 members (excludes halogenated alkanes) is 1. The van der Waals surface area contributed by atoms with Crippen LogP contribution in [0.5, 0.6) is 0 Å².